The lowest BCUT2D eigenvalue weighted by Crippen LogP contribution is -2.17. The third-order valence-corrected chi connectivity index (χ3v) is 2.11. The van der Waals surface area contributed by atoms with Gasteiger partial charge < -0.3 is 9.88 Å². The molecule has 1 aromatic heterocycles. The Bertz CT molecular complexity index is 374. The molecule has 5 heteroatoms. The van der Waals surface area contributed by atoms with E-state index in [9.17, 15) is 13.6 Å². The normalized spacial score (nSPS) is 11.3. The molecule has 0 amide bonds. The topological polar surface area (TPSA) is 36.1 Å². The van der Waals surface area contributed by atoms with Gasteiger partial charge in [0.05, 0.1) is 0 Å². The Labute approximate surface area is 86.7 Å². The van der Waals surface area contributed by atoms with Gasteiger partial charge in [-0.15, -0.1) is 0 Å². The van der Waals surface area contributed by atoms with Gasteiger partial charge in [-0.3, -0.25) is 4.79 Å². The van der Waals surface area contributed by atoms with Gasteiger partial charge in [0.1, 0.15) is 0 Å². The number of pyridine rings is 1. The lowest BCUT2D eigenvalue weighted by atomic mass is 10.1. The second-order valence-corrected chi connectivity index (χ2v) is 3.63. The van der Waals surface area contributed by atoms with Gasteiger partial charge in [0.25, 0.3) is 6.43 Å². The average molecular weight is 216 g/mol. The summed E-state index contributed by atoms with van der Waals surface area (Å²) in [7, 11) is 3.74. The van der Waals surface area contributed by atoms with E-state index in [2.05, 4.69) is 4.98 Å². The van der Waals surface area contributed by atoms with Crippen molar-refractivity contribution in [2.24, 2.45) is 0 Å². The molecule has 0 bridgehead atoms. The molecule has 84 valence electrons. The van der Waals surface area contributed by atoms with E-state index >= 15 is 0 Å². The Morgan fingerprint density at radius 1 is 1.47 bits per heavy atom. The predicted octanol–water partition coefficient (Wildman–Crippen LogP) is 1.42. The standard InChI is InChI=1S/C10H14F2N2O/c1-14(2)4-3-7-6-13-9(15)5-8(7)10(11)12/h5-6,10H,3-4H2,1-2H3,(H,13,15). The molecule has 0 saturated heterocycles. The second kappa shape index (κ2) is 5.02. The molecule has 0 aliphatic heterocycles. The third-order valence-electron chi connectivity index (χ3n) is 2.11. The van der Waals surface area contributed by atoms with Crippen molar-refractivity contribution in [2.45, 2.75) is 12.8 Å². The van der Waals surface area contributed by atoms with Crippen molar-refractivity contribution >= 4 is 0 Å². The predicted molar refractivity (Wildman–Crippen MR) is 54.3 cm³/mol. The van der Waals surface area contributed by atoms with Gasteiger partial charge in [0.15, 0.2) is 0 Å². The molecule has 0 aliphatic rings. The summed E-state index contributed by atoms with van der Waals surface area (Å²) in [4.78, 5) is 15.2. The van der Waals surface area contributed by atoms with E-state index in [1.807, 2.05) is 19.0 Å². The number of aromatic nitrogens is 1. The number of likely N-dealkylation sites (N-methyl/N-ethyl adjacent to an activating group) is 1. The summed E-state index contributed by atoms with van der Waals surface area (Å²) in [5, 5.41) is 0. The SMILES string of the molecule is CN(C)CCc1c[nH]c(=O)cc1C(F)F. The molecule has 0 radical (unpaired) electrons. The van der Waals surface area contributed by atoms with Crippen molar-refractivity contribution in [3.8, 4) is 0 Å². The lowest BCUT2D eigenvalue weighted by molar-refractivity contribution is 0.149. The van der Waals surface area contributed by atoms with Crippen LogP contribution in [0.2, 0.25) is 0 Å². The fraction of sp³-hybridized carbons (Fsp3) is 0.500. The zero-order chi connectivity index (χ0) is 11.4. The third kappa shape index (κ3) is 3.43. The number of hydrogen-bond acceptors (Lipinski definition) is 2. The van der Waals surface area contributed by atoms with E-state index in [0.717, 1.165) is 6.07 Å². The zero-order valence-electron chi connectivity index (χ0n) is 8.76. The number of aromatic amines is 1. The van der Waals surface area contributed by atoms with Crippen LogP contribution in [0.25, 0.3) is 0 Å². The Morgan fingerprint density at radius 2 is 2.13 bits per heavy atom. The fourth-order valence-electron chi connectivity index (χ4n) is 1.28. The maximum Gasteiger partial charge on any atom is 0.264 e. The Balaban J connectivity index is 2.91. The van der Waals surface area contributed by atoms with E-state index in [-0.39, 0.29) is 5.56 Å². The molecule has 1 aromatic rings. The van der Waals surface area contributed by atoms with Gasteiger partial charge in [-0.05, 0) is 26.1 Å². The Kier molecular flexibility index (Phi) is 3.96. The van der Waals surface area contributed by atoms with E-state index in [4.69, 9.17) is 0 Å². The Hall–Kier alpha value is -1.23. The van der Waals surface area contributed by atoms with Crippen LogP contribution in [0.1, 0.15) is 17.6 Å². The van der Waals surface area contributed by atoms with Gasteiger partial charge in [-0.1, -0.05) is 0 Å². The highest BCUT2D eigenvalue weighted by Crippen LogP contribution is 2.21. The van der Waals surface area contributed by atoms with Crippen molar-refractivity contribution in [3.63, 3.8) is 0 Å². The van der Waals surface area contributed by atoms with Crippen LogP contribution in [0, 0.1) is 0 Å². The quantitative estimate of drug-likeness (QED) is 0.826. The minimum Gasteiger partial charge on any atom is -0.329 e. The number of nitrogens with zero attached hydrogens (tertiary/aromatic N) is 1. The summed E-state index contributed by atoms with van der Waals surface area (Å²) in [6, 6.07) is 0.968. The first kappa shape index (κ1) is 11.8. The van der Waals surface area contributed by atoms with Gasteiger partial charge in [0, 0.05) is 24.4 Å². The van der Waals surface area contributed by atoms with Crippen molar-refractivity contribution in [1.82, 2.24) is 9.88 Å². The van der Waals surface area contributed by atoms with E-state index in [1.54, 1.807) is 0 Å². The fourth-order valence-corrected chi connectivity index (χ4v) is 1.28. The molecule has 0 spiro atoms. The Morgan fingerprint density at radius 3 is 2.67 bits per heavy atom. The molecule has 1 rings (SSSR count). The van der Waals surface area contributed by atoms with E-state index in [0.29, 0.717) is 18.5 Å². The smallest absolute Gasteiger partial charge is 0.264 e. The zero-order valence-corrected chi connectivity index (χ0v) is 8.76. The van der Waals surface area contributed by atoms with E-state index < -0.39 is 12.0 Å². The lowest BCUT2D eigenvalue weighted by Gasteiger charge is -2.11. The highest BCUT2D eigenvalue weighted by atomic mass is 19.3. The maximum atomic E-state index is 12.6. The second-order valence-electron chi connectivity index (χ2n) is 3.63. The summed E-state index contributed by atoms with van der Waals surface area (Å²) in [6.07, 6.45) is -0.721. The molecule has 0 fully saturated rings. The molecule has 0 unspecified atom stereocenters. The van der Waals surface area contributed by atoms with Crippen LogP contribution >= 0.6 is 0 Å². The number of nitrogens with one attached hydrogen (secondary N) is 1. The molecule has 1 heterocycles. The van der Waals surface area contributed by atoms with Gasteiger partial charge in [-0.2, -0.15) is 0 Å². The molecular weight excluding hydrogens is 202 g/mol. The van der Waals surface area contributed by atoms with Crippen LogP contribution in [-0.2, 0) is 6.42 Å². The minimum atomic E-state index is -2.59. The van der Waals surface area contributed by atoms with Crippen LogP contribution < -0.4 is 5.56 Å². The van der Waals surface area contributed by atoms with E-state index in [1.165, 1.54) is 6.20 Å². The van der Waals surface area contributed by atoms with Crippen LogP contribution in [-0.4, -0.2) is 30.5 Å². The molecule has 1 N–H and O–H groups in total. The first-order chi connectivity index (χ1) is 7.00. The van der Waals surface area contributed by atoms with Crippen LogP contribution in [0.15, 0.2) is 17.1 Å². The molecule has 0 aliphatic carbocycles. The summed E-state index contributed by atoms with van der Waals surface area (Å²) < 4.78 is 25.1. The number of halogens is 2. The largest absolute Gasteiger partial charge is 0.329 e. The number of alkyl halides is 2. The first-order valence-electron chi connectivity index (χ1n) is 4.65. The molecule has 15 heavy (non-hydrogen) atoms. The molecule has 0 saturated carbocycles. The molecule has 3 nitrogen and oxygen atoms in total. The maximum absolute atomic E-state index is 12.6. The van der Waals surface area contributed by atoms with Crippen molar-refractivity contribution in [1.29, 1.82) is 0 Å². The van der Waals surface area contributed by atoms with Crippen molar-refractivity contribution in [3.05, 3.63) is 33.7 Å². The summed E-state index contributed by atoms with van der Waals surface area (Å²) in [6.45, 7) is 0.672. The van der Waals surface area contributed by atoms with Crippen LogP contribution in [0.5, 0.6) is 0 Å². The van der Waals surface area contributed by atoms with Crippen LogP contribution in [0.4, 0.5) is 8.78 Å². The van der Waals surface area contributed by atoms with Crippen molar-refractivity contribution in [2.75, 3.05) is 20.6 Å². The molecule has 0 atom stereocenters. The summed E-state index contributed by atoms with van der Waals surface area (Å²) >= 11 is 0. The monoisotopic (exact) mass is 216 g/mol. The summed E-state index contributed by atoms with van der Waals surface area (Å²) in [5.74, 6) is 0. The molecule has 0 aromatic carbocycles. The number of hydrogen-bond donors (Lipinski definition) is 1. The van der Waals surface area contributed by atoms with Crippen molar-refractivity contribution < 1.29 is 8.78 Å². The molecular formula is C10H14F2N2O. The van der Waals surface area contributed by atoms with Crippen LogP contribution in [0.3, 0.4) is 0 Å². The summed E-state index contributed by atoms with van der Waals surface area (Å²) in [5.41, 5.74) is -0.155. The highest BCUT2D eigenvalue weighted by molar-refractivity contribution is 5.24. The minimum absolute atomic E-state index is 0.166. The van der Waals surface area contributed by atoms with Gasteiger partial charge >= 0.3 is 0 Å². The number of rotatable bonds is 4. The van der Waals surface area contributed by atoms with Gasteiger partial charge in [-0.25, -0.2) is 8.78 Å². The highest BCUT2D eigenvalue weighted by Gasteiger charge is 2.13. The average Bonchev–Trinajstić information content (AvgIpc) is 2.15. The first-order valence-corrected chi connectivity index (χ1v) is 4.65. The van der Waals surface area contributed by atoms with Gasteiger partial charge in [0.2, 0.25) is 5.56 Å². The number of H-pyrrole nitrogens is 1.